The zero-order valence-corrected chi connectivity index (χ0v) is 18.0. The number of hydrogen-bond donors (Lipinski definition) is 2. The molecule has 160 valence electrons. The van der Waals surface area contributed by atoms with E-state index in [9.17, 15) is 4.79 Å². The zero-order chi connectivity index (χ0) is 21.9. The maximum Gasteiger partial charge on any atom is 0.254 e. The van der Waals surface area contributed by atoms with Crippen molar-refractivity contribution in [1.29, 1.82) is 0 Å². The number of amides is 1. The molecule has 32 heavy (non-hydrogen) atoms. The first-order valence-corrected chi connectivity index (χ1v) is 10.8. The van der Waals surface area contributed by atoms with Crippen LogP contribution in [0.5, 0.6) is 0 Å². The lowest BCUT2D eigenvalue weighted by Crippen LogP contribution is -2.31. The van der Waals surface area contributed by atoms with Crippen molar-refractivity contribution in [3.8, 4) is 11.1 Å². The Balaban J connectivity index is 1.41. The molecule has 1 amide bonds. The van der Waals surface area contributed by atoms with Crippen LogP contribution >= 0.6 is 11.6 Å². The Morgan fingerprint density at radius 3 is 2.78 bits per heavy atom. The van der Waals surface area contributed by atoms with E-state index in [0.29, 0.717) is 23.1 Å². The van der Waals surface area contributed by atoms with E-state index in [4.69, 9.17) is 11.6 Å². The summed E-state index contributed by atoms with van der Waals surface area (Å²) in [5.41, 5.74) is 4.26. The molecular weight excluding hydrogens is 424 g/mol. The Morgan fingerprint density at radius 1 is 1.09 bits per heavy atom. The topological polar surface area (TPSA) is 86.8 Å². The summed E-state index contributed by atoms with van der Waals surface area (Å²) in [5, 5.41) is 11.2. The lowest BCUT2D eigenvalue weighted by molar-refractivity contribution is 0.0733. The van der Waals surface area contributed by atoms with Crippen LogP contribution in [0.15, 0.2) is 73.2 Å². The van der Waals surface area contributed by atoms with E-state index in [-0.39, 0.29) is 11.9 Å². The number of aromatic nitrogens is 4. The molecule has 0 saturated carbocycles. The van der Waals surface area contributed by atoms with Gasteiger partial charge in [-0.15, -0.1) is 0 Å². The first-order valence-electron chi connectivity index (χ1n) is 10.4. The van der Waals surface area contributed by atoms with Crippen molar-refractivity contribution in [1.82, 2.24) is 25.1 Å². The minimum Gasteiger partial charge on any atom is -0.330 e. The van der Waals surface area contributed by atoms with Gasteiger partial charge in [0, 0.05) is 40.8 Å². The SMILES string of the molecule is O=C(c1cccc(Nc2ncccn2)c1)N1CCC[C@H]1c1[nH]ncc1-c1cccc(Cl)c1. The van der Waals surface area contributed by atoms with Crippen molar-refractivity contribution >= 4 is 29.1 Å². The summed E-state index contributed by atoms with van der Waals surface area (Å²) in [7, 11) is 0. The number of likely N-dealkylation sites (tertiary alicyclic amines) is 1. The fourth-order valence-electron chi connectivity index (χ4n) is 4.13. The Hall–Kier alpha value is -3.71. The summed E-state index contributed by atoms with van der Waals surface area (Å²) in [6, 6.07) is 16.8. The van der Waals surface area contributed by atoms with E-state index >= 15 is 0 Å². The highest BCUT2D eigenvalue weighted by molar-refractivity contribution is 6.30. The Labute approximate surface area is 190 Å². The number of hydrogen-bond acceptors (Lipinski definition) is 5. The highest BCUT2D eigenvalue weighted by Gasteiger charge is 2.33. The lowest BCUT2D eigenvalue weighted by atomic mass is 10.0. The van der Waals surface area contributed by atoms with Crippen LogP contribution in [-0.2, 0) is 0 Å². The fourth-order valence-corrected chi connectivity index (χ4v) is 4.32. The zero-order valence-electron chi connectivity index (χ0n) is 17.2. The van der Waals surface area contributed by atoms with Crippen molar-refractivity contribution in [3.63, 3.8) is 0 Å². The summed E-state index contributed by atoms with van der Waals surface area (Å²) in [6.45, 7) is 0.691. The molecule has 0 radical (unpaired) electrons. The standard InChI is InChI=1S/C24H21ClN6O/c25-18-7-1-5-16(13-18)20-15-28-30-22(20)21-9-3-12-31(21)23(32)17-6-2-8-19(14-17)29-24-26-10-4-11-27-24/h1-2,4-8,10-11,13-15,21H,3,9,12H2,(H,28,30)(H,26,27,29)/t21-/m0/s1. The highest BCUT2D eigenvalue weighted by atomic mass is 35.5. The van der Waals surface area contributed by atoms with Gasteiger partial charge in [-0.3, -0.25) is 9.89 Å². The van der Waals surface area contributed by atoms with Gasteiger partial charge >= 0.3 is 0 Å². The van der Waals surface area contributed by atoms with Gasteiger partial charge in [0.15, 0.2) is 0 Å². The van der Waals surface area contributed by atoms with E-state index in [2.05, 4.69) is 25.5 Å². The Morgan fingerprint density at radius 2 is 1.94 bits per heavy atom. The van der Waals surface area contributed by atoms with Crippen LogP contribution in [0.4, 0.5) is 11.6 Å². The van der Waals surface area contributed by atoms with E-state index in [1.54, 1.807) is 24.7 Å². The van der Waals surface area contributed by atoms with Gasteiger partial charge in [-0.1, -0.05) is 29.8 Å². The molecule has 0 aliphatic carbocycles. The van der Waals surface area contributed by atoms with Crippen LogP contribution < -0.4 is 5.32 Å². The molecule has 2 N–H and O–H groups in total. The number of benzene rings is 2. The van der Waals surface area contributed by atoms with Gasteiger partial charge in [-0.05, 0) is 54.8 Å². The van der Waals surface area contributed by atoms with Crippen LogP contribution in [0, 0.1) is 0 Å². The second-order valence-corrected chi connectivity index (χ2v) is 8.08. The number of aromatic amines is 1. The number of anilines is 2. The summed E-state index contributed by atoms with van der Waals surface area (Å²) >= 11 is 6.20. The fraction of sp³-hybridized carbons (Fsp3) is 0.167. The number of nitrogens with zero attached hydrogens (tertiary/aromatic N) is 4. The van der Waals surface area contributed by atoms with Gasteiger partial charge in [0.25, 0.3) is 5.91 Å². The molecule has 4 aromatic rings. The van der Waals surface area contributed by atoms with Crippen molar-refractivity contribution in [2.24, 2.45) is 0 Å². The summed E-state index contributed by atoms with van der Waals surface area (Å²) in [5.74, 6) is 0.469. The summed E-state index contributed by atoms with van der Waals surface area (Å²) in [6.07, 6.45) is 6.94. The van der Waals surface area contributed by atoms with Gasteiger partial charge in [0.1, 0.15) is 0 Å². The molecule has 8 heteroatoms. The molecule has 5 rings (SSSR count). The molecular formula is C24H21ClN6O. The third-order valence-electron chi connectivity index (χ3n) is 5.58. The number of carbonyl (C=O) groups is 1. The monoisotopic (exact) mass is 444 g/mol. The molecule has 2 aromatic heterocycles. The first kappa shape index (κ1) is 20.2. The third-order valence-corrected chi connectivity index (χ3v) is 5.82. The van der Waals surface area contributed by atoms with E-state index < -0.39 is 0 Å². The number of H-pyrrole nitrogens is 1. The van der Waals surface area contributed by atoms with Gasteiger partial charge in [0.2, 0.25) is 5.95 Å². The van der Waals surface area contributed by atoms with Crippen LogP contribution in [0.25, 0.3) is 11.1 Å². The molecule has 1 atom stereocenters. The molecule has 1 aliphatic rings. The molecule has 3 heterocycles. The number of nitrogens with one attached hydrogen (secondary N) is 2. The molecule has 0 bridgehead atoms. The van der Waals surface area contributed by atoms with Gasteiger partial charge in [-0.2, -0.15) is 5.10 Å². The largest absolute Gasteiger partial charge is 0.330 e. The average Bonchev–Trinajstić information content (AvgIpc) is 3.49. The van der Waals surface area contributed by atoms with Crippen molar-refractivity contribution < 1.29 is 4.79 Å². The highest BCUT2D eigenvalue weighted by Crippen LogP contribution is 2.37. The molecule has 0 spiro atoms. The van der Waals surface area contributed by atoms with Crippen LogP contribution in [0.1, 0.15) is 34.9 Å². The Bertz CT molecular complexity index is 1240. The van der Waals surface area contributed by atoms with Gasteiger partial charge < -0.3 is 10.2 Å². The van der Waals surface area contributed by atoms with Crippen LogP contribution in [-0.4, -0.2) is 37.5 Å². The quantitative estimate of drug-likeness (QED) is 0.439. The molecule has 1 fully saturated rings. The van der Waals surface area contributed by atoms with E-state index in [1.165, 1.54) is 0 Å². The predicted molar refractivity (Wildman–Crippen MR) is 124 cm³/mol. The number of carbonyl (C=O) groups excluding carboxylic acids is 1. The van der Waals surface area contributed by atoms with Crippen LogP contribution in [0.3, 0.4) is 0 Å². The van der Waals surface area contributed by atoms with Gasteiger partial charge in [0.05, 0.1) is 17.9 Å². The minimum atomic E-state index is -0.0759. The lowest BCUT2D eigenvalue weighted by Gasteiger charge is -2.25. The van der Waals surface area contributed by atoms with E-state index in [1.807, 2.05) is 53.4 Å². The number of halogens is 1. The normalized spacial score (nSPS) is 15.7. The van der Waals surface area contributed by atoms with E-state index in [0.717, 1.165) is 35.3 Å². The van der Waals surface area contributed by atoms with Crippen LogP contribution in [0.2, 0.25) is 5.02 Å². The number of rotatable bonds is 5. The molecule has 7 nitrogen and oxygen atoms in total. The molecule has 2 aromatic carbocycles. The third kappa shape index (κ3) is 4.07. The predicted octanol–water partition coefficient (Wildman–Crippen LogP) is 5.24. The summed E-state index contributed by atoms with van der Waals surface area (Å²) in [4.78, 5) is 23.7. The maximum absolute atomic E-state index is 13.5. The molecule has 0 unspecified atom stereocenters. The maximum atomic E-state index is 13.5. The minimum absolute atomic E-state index is 0.0169. The smallest absolute Gasteiger partial charge is 0.254 e. The van der Waals surface area contributed by atoms with Crippen molar-refractivity contribution in [2.45, 2.75) is 18.9 Å². The van der Waals surface area contributed by atoms with Gasteiger partial charge in [-0.25, -0.2) is 9.97 Å². The Kier molecular flexibility index (Phi) is 5.56. The van der Waals surface area contributed by atoms with Crippen molar-refractivity contribution in [3.05, 3.63) is 89.5 Å². The second kappa shape index (κ2) is 8.80. The molecule has 1 saturated heterocycles. The summed E-state index contributed by atoms with van der Waals surface area (Å²) < 4.78 is 0. The average molecular weight is 445 g/mol. The van der Waals surface area contributed by atoms with Crippen molar-refractivity contribution in [2.75, 3.05) is 11.9 Å². The first-order chi connectivity index (χ1) is 15.7. The second-order valence-electron chi connectivity index (χ2n) is 7.64. The molecule has 1 aliphatic heterocycles.